The van der Waals surface area contributed by atoms with Crippen molar-refractivity contribution in [2.75, 3.05) is 33.7 Å². The quantitative estimate of drug-likeness (QED) is 0.0335. The fourth-order valence-electron chi connectivity index (χ4n) is 11.3. The van der Waals surface area contributed by atoms with Crippen LogP contribution in [0.15, 0.2) is 24.3 Å². The Kier molecular flexibility index (Phi) is 26.6. The summed E-state index contributed by atoms with van der Waals surface area (Å²) in [6.45, 7) is 17.0. The van der Waals surface area contributed by atoms with Gasteiger partial charge in [0, 0.05) is 31.6 Å². The fraction of sp³-hybridized carbons (Fsp3) is 0.742. The van der Waals surface area contributed by atoms with Crippen molar-refractivity contribution in [1.82, 2.24) is 57.7 Å². The monoisotopic (exact) mass is 1230 g/mol. The fourth-order valence-corrected chi connectivity index (χ4v) is 11.3. The van der Waals surface area contributed by atoms with Crippen molar-refractivity contribution in [3.8, 4) is 0 Å². The molecule has 1 aromatic carbocycles. The Balaban J connectivity index is 1.48. The van der Waals surface area contributed by atoms with Gasteiger partial charge in [-0.2, -0.15) is 13.2 Å². The lowest BCUT2D eigenvalue weighted by molar-refractivity contribution is -0.198. The first-order valence-corrected chi connectivity index (χ1v) is 30.9. The number of rotatable bonds is 31. The number of nitrogens with one attached hydrogen (secondary N) is 9. The van der Waals surface area contributed by atoms with Gasteiger partial charge in [-0.1, -0.05) is 73.6 Å². The lowest BCUT2D eigenvalue weighted by atomic mass is 9.76. The van der Waals surface area contributed by atoms with E-state index in [1.165, 1.54) is 44.7 Å². The molecule has 0 aromatic heterocycles. The number of benzene rings is 1. The van der Waals surface area contributed by atoms with Crippen LogP contribution in [0.3, 0.4) is 0 Å². The van der Waals surface area contributed by atoms with Crippen LogP contribution in [0, 0.1) is 35.4 Å². The van der Waals surface area contributed by atoms with Gasteiger partial charge in [0.1, 0.15) is 47.1 Å². The van der Waals surface area contributed by atoms with Crippen molar-refractivity contribution in [2.45, 2.75) is 232 Å². The van der Waals surface area contributed by atoms with Gasteiger partial charge < -0.3 is 57.7 Å². The number of amides is 10. The Hall–Kier alpha value is -6.40. The van der Waals surface area contributed by atoms with Crippen LogP contribution < -0.4 is 47.9 Å². The minimum absolute atomic E-state index is 0.00287. The molecule has 1 saturated heterocycles. The zero-order valence-electron chi connectivity index (χ0n) is 53.4. The maximum Gasteiger partial charge on any atom is 0.420 e. The van der Waals surface area contributed by atoms with Gasteiger partial charge >= 0.3 is 6.18 Å². The average Bonchev–Trinajstić information content (AvgIpc) is 1.94. The molecule has 1 aromatic rings. The van der Waals surface area contributed by atoms with Crippen molar-refractivity contribution in [3.63, 3.8) is 0 Å². The third kappa shape index (κ3) is 21.7. The number of halogens is 4. The number of likely N-dealkylation sites (tertiary alicyclic amines) is 1. The van der Waals surface area contributed by atoms with Crippen LogP contribution in [-0.2, 0) is 43.2 Å². The minimum Gasteiger partial charge on any atom is -0.354 e. The molecule has 4 rings (SSSR count). The number of carbonyl (C=O) groups is 10. The predicted octanol–water partition coefficient (Wildman–Crippen LogP) is 5.41. The van der Waals surface area contributed by atoms with E-state index < -0.39 is 124 Å². The first kappa shape index (κ1) is 73.1. The first-order valence-electron chi connectivity index (χ1n) is 30.9. The third-order valence-corrected chi connectivity index (χ3v) is 16.5. The van der Waals surface area contributed by atoms with E-state index in [-0.39, 0.29) is 74.0 Å². The Morgan fingerprint density at radius 3 is 1.67 bits per heavy atom. The van der Waals surface area contributed by atoms with Gasteiger partial charge in [-0.05, 0) is 161 Å². The maximum absolute atomic E-state index is 15.5. The molecule has 1 aliphatic heterocycles. The van der Waals surface area contributed by atoms with Gasteiger partial charge in [0.25, 0.3) is 11.8 Å². The van der Waals surface area contributed by atoms with Gasteiger partial charge in [-0.3, -0.25) is 47.9 Å². The highest BCUT2D eigenvalue weighted by molar-refractivity contribution is 6.03. The third-order valence-electron chi connectivity index (χ3n) is 16.5. The molecule has 0 bridgehead atoms. The smallest absolute Gasteiger partial charge is 0.354 e. The van der Waals surface area contributed by atoms with E-state index >= 15 is 13.2 Å². The van der Waals surface area contributed by atoms with Crippen molar-refractivity contribution < 1.29 is 65.5 Å². The highest BCUT2D eigenvalue weighted by Gasteiger charge is 2.59. The predicted molar refractivity (Wildman–Crippen MR) is 320 cm³/mol. The summed E-state index contributed by atoms with van der Waals surface area (Å²) >= 11 is 0. The summed E-state index contributed by atoms with van der Waals surface area (Å²) in [5, 5.41) is 22.9. The standard InChI is InChI=1S/C62H99F4N11O10/c1-37(2)33-44(51(81)69-45(34-38(3)4)52(82)73-59(9,10)56(86)75-58(7,8)55(85)67-31-28-48(78)72-61(29-18-30-61)36-76(12)13)70-57(87)60(11,62(64,65)66)74-53(83)46(35-39(5)6)68-49(79)43(27-22-40-19-15-14-16-20-40)50(80)71-47-21-17-32-77(47)54(84)41-23-25-42(63)26-24-41/h23-26,37-40,43-47H,14-22,27-36H2,1-13H3,(H,67,85)(H,68,79)(H,69,81)(H,70,87)(H,71,80)(H,72,78)(H,73,82)(H,74,83)(H,75,86)/t43-,44-,45-,46-,47-,60-/m0/s1. The molecule has 0 radical (unpaired) electrons. The zero-order valence-corrected chi connectivity index (χ0v) is 53.4. The van der Waals surface area contributed by atoms with E-state index in [1.807, 2.05) is 24.3 Å². The van der Waals surface area contributed by atoms with Crippen molar-refractivity contribution in [1.29, 1.82) is 0 Å². The Morgan fingerprint density at radius 1 is 0.621 bits per heavy atom. The topological polar surface area (TPSA) is 285 Å². The summed E-state index contributed by atoms with van der Waals surface area (Å²) in [6.07, 6.45) is 1.86. The molecule has 6 atom stereocenters. The van der Waals surface area contributed by atoms with Crippen LogP contribution >= 0.6 is 0 Å². The molecule has 0 spiro atoms. The summed E-state index contributed by atoms with van der Waals surface area (Å²) in [4.78, 5) is 142. The van der Waals surface area contributed by atoms with Gasteiger partial charge in [-0.25, -0.2) is 4.39 Å². The molecule has 87 heavy (non-hydrogen) atoms. The second-order valence-corrected chi connectivity index (χ2v) is 27.1. The van der Waals surface area contributed by atoms with E-state index in [4.69, 9.17) is 0 Å². The summed E-state index contributed by atoms with van der Waals surface area (Å²) in [5.41, 5.74) is -7.12. The Morgan fingerprint density at radius 2 is 1.15 bits per heavy atom. The molecule has 2 saturated carbocycles. The normalized spacial score (nSPS) is 18.5. The van der Waals surface area contributed by atoms with Crippen LogP contribution in [0.2, 0.25) is 0 Å². The van der Waals surface area contributed by atoms with Crippen LogP contribution in [0.5, 0.6) is 0 Å². The minimum atomic E-state index is -5.51. The van der Waals surface area contributed by atoms with Crippen LogP contribution in [-0.4, -0.2) is 155 Å². The van der Waals surface area contributed by atoms with Crippen molar-refractivity contribution in [2.24, 2.45) is 29.6 Å². The van der Waals surface area contributed by atoms with E-state index in [1.54, 1.807) is 41.5 Å². The zero-order chi connectivity index (χ0) is 65.4. The van der Waals surface area contributed by atoms with E-state index in [9.17, 15) is 52.3 Å². The van der Waals surface area contributed by atoms with E-state index in [0.717, 1.165) is 63.5 Å². The molecule has 0 unspecified atom stereocenters. The van der Waals surface area contributed by atoms with Crippen LogP contribution in [0.25, 0.3) is 0 Å². The summed E-state index contributed by atoms with van der Waals surface area (Å²) in [6, 6.07) is 0.0962. The lowest BCUT2D eigenvalue weighted by Gasteiger charge is -2.44. The molecule has 10 amide bonds. The highest BCUT2D eigenvalue weighted by atomic mass is 19.4. The highest BCUT2D eigenvalue weighted by Crippen LogP contribution is 2.34. The molecule has 3 fully saturated rings. The number of hydrogen-bond donors (Lipinski definition) is 9. The molecular formula is C62H99F4N11O10. The van der Waals surface area contributed by atoms with E-state index in [0.29, 0.717) is 32.7 Å². The average molecular weight is 1230 g/mol. The molecule has 1 heterocycles. The number of nitrogens with zero attached hydrogens (tertiary/aromatic N) is 2. The second-order valence-electron chi connectivity index (χ2n) is 27.1. The van der Waals surface area contributed by atoms with E-state index in [2.05, 4.69) is 42.5 Å². The second kappa shape index (κ2) is 31.7. The molecular weight excluding hydrogens is 1130 g/mol. The molecule has 21 nitrogen and oxygen atoms in total. The van der Waals surface area contributed by atoms with Gasteiger partial charge in [0.2, 0.25) is 52.8 Å². The SMILES string of the molecule is CC(C)C[C@H](NC(=O)[C@H](CCC1CCCCC1)C(=O)N[C@@H]1CCCN1C(=O)c1ccc(F)cc1)C(=O)N[C@@](C)(C(=O)N[C@@H](CC(C)C)C(=O)N[C@@H](CC(C)C)C(=O)NC(C)(C)C(=O)NC(C)(C)C(=O)NCCC(=O)NC1(CN(C)C)CCC1)C(F)(F)F. The molecule has 3 aliphatic rings. The summed E-state index contributed by atoms with van der Waals surface area (Å²) in [7, 11) is 3.85. The van der Waals surface area contributed by atoms with Crippen LogP contribution in [0.4, 0.5) is 17.6 Å². The number of hydrogen-bond acceptors (Lipinski definition) is 11. The molecule has 490 valence electrons. The number of likely N-dealkylation sites (N-methyl/N-ethyl adjacent to an activating group) is 1. The largest absolute Gasteiger partial charge is 0.420 e. The first-order chi connectivity index (χ1) is 40.4. The summed E-state index contributed by atoms with van der Waals surface area (Å²) in [5.74, 6) is -11.9. The van der Waals surface area contributed by atoms with Gasteiger partial charge in [-0.15, -0.1) is 0 Å². The van der Waals surface area contributed by atoms with Crippen LogP contribution in [0.1, 0.15) is 189 Å². The number of alkyl halides is 3. The molecule has 9 N–H and O–H groups in total. The molecule has 2 aliphatic carbocycles. The van der Waals surface area contributed by atoms with Crippen molar-refractivity contribution in [3.05, 3.63) is 35.6 Å². The molecule has 25 heteroatoms. The maximum atomic E-state index is 15.5. The Labute approximate surface area is 511 Å². The lowest BCUT2D eigenvalue weighted by Crippen LogP contribution is -2.69. The van der Waals surface area contributed by atoms with Gasteiger partial charge in [0.05, 0.1) is 5.54 Å². The van der Waals surface area contributed by atoms with Crippen molar-refractivity contribution >= 4 is 59.1 Å². The number of carbonyl (C=O) groups excluding carboxylic acids is 10. The van der Waals surface area contributed by atoms with Gasteiger partial charge in [0.15, 0.2) is 0 Å². The Bertz CT molecular complexity index is 2570. The summed E-state index contributed by atoms with van der Waals surface area (Å²) < 4.78 is 60.1.